The molecule has 2 N–H and O–H groups in total. The Morgan fingerprint density at radius 3 is 2.63 bits per heavy atom. The zero-order valence-electron chi connectivity index (χ0n) is 11.0. The van der Waals surface area contributed by atoms with Gasteiger partial charge in [0, 0.05) is 18.3 Å². The third-order valence-corrected chi connectivity index (χ3v) is 3.70. The van der Waals surface area contributed by atoms with Gasteiger partial charge in [-0.2, -0.15) is 13.2 Å². The number of alkyl halides is 3. The van der Waals surface area contributed by atoms with Crippen molar-refractivity contribution in [1.29, 1.82) is 0 Å². The summed E-state index contributed by atoms with van der Waals surface area (Å²) in [5, 5.41) is 0. The number of rotatable bonds is 3. The number of nitrogens with zero attached hydrogens (tertiary/aromatic N) is 1. The first kappa shape index (κ1) is 14.2. The average molecular weight is 272 g/mol. The van der Waals surface area contributed by atoms with Crippen LogP contribution in [-0.2, 0) is 12.6 Å². The number of hydrogen-bond donors (Lipinski definition) is 1. The van der Waals surface area contributed by atoms with Gasteiger partial charge in [0.15, 0.2) is 0 Å². The molecule has 1 saturated heterocycles. The van der Waals surface area contributed by atoms with Crippen molar-refractivity contribution in [3.05, 3.63) is 29.3 Å². The molecule has 0 radical (unpaired) electrons. The summed E-state index contributed by atoms with van der Waals surface area (Å²) in [7, 11) is 0. The monoisotopic (exact) mass is 272 g/mol. The molecule has 1 aromatic carbocycles. The molecule has 2 nitrogen and oxygen atoms in total. The molecule has 19 heavy (non-hydrogen) atoms. The Morgan fingerprint density at radius 1 is 1.37 bits per heavy atom. The average Bonchev–Trinajstić information content (AvgIpc) is 2.75. The Kier molecular flexibility index (Phi) is 4.04. The lowest BCUT2D eigenvalue weighted by Crippen LogP contribution is -2.26. The van der Waals surface area contributed by atoms with Crippen LogP contribution in [0.4, 0.5) is 18.9 Å². The van der Waals surface area contributed by atoms with Crippen molar-refractivity contribution in [3.63, 3.8) is 0 Å². The second-order valence-corrected chi connectivity index (χ2v) is 5.06. The summed E-state index contributed by atoms with van der Waals surface area (Å²) in [4.78, 5) is 2.04. The fourth-order valence-corrected chi connectivity index (χ4v) is 2.70. The number of halogens is 3. The summed E-state index contributed by atoms with van der Waals surface area (Å²) < 4.78 is 39.2. The summed E-state index contributed by atoms with van der Waals surface area (Å²) in [6.07, 6.45) is -1.99. The van der Waals surface area contributed by atoms with Gasteiger partial charge in [-0.05, 0) is 50.4 Å². The van der Waals surface area contributed by atoms with Crippen LogP contribution in [0.25, 0.3) is 0 Å². The van der Waals surface area contributed by atoms with Crippen LogP contribution < -0.4 is 10.6 Å². The molecule has 1 fully saturated rings. The number of hydrogen-bond acceptors (Lipinski definition) is 2. The van der Waals surface area contributed by atoms with Crippen LogP contribution in [0.5, 0.6) is 0 Å². The van der Waals surface area contributed by atoms with E-state index in [4.69, 9.17) is 5.73 Å². The largest absolute Gasteiger partial charge is 0.416 e. The molecule has 0 amide bonds. The molecule has 1 aliphatic heterocycles. The van der Waals surface area contributed by atoms with Crippen LogP contribution in [0.15, 0.2) is 18.2 Å². The highest BCUT2D eigenvalue weighted by Crippen LogP contribution is 2.36. The fourth-order valence-electron chi connectivity index (χ4n) is 2.70. The second-order valence-electron chi connectivity index (χ2n) is 5.06. The van der Waals surface area contributed by atoms with Crippen molar-refractivity contribution in [2.45, 2.75) is 38.4 Å². The normalized spacial score (nSPS) is 20.1. The predicted molar refractivity (Wildman–Crippen MR) is 70.2 cm³/mol. The van der Waals surface area contributed by atoms with Gasteiger partial charge in [0.2, 0.25) is 0 Å². The molecule has 1 atom stereocenters. The van der Waals surface area contributed by atoms with E-state index in [9.17, 15) is 13.2 Å². The van der Waals surface area contributed by atoms with Crippen molar-refractivity contribution >= 4 is 5.69 Å². The summed E-state index contributed by atoms with van der Waals surface area (Å²) in [5.74, 6) is 0. The summed E-state index contributed by atoms with van der Waals surface area (Å²) in [6.45, 7) is 3.10. The highest BCUT2D eigenvalue weighted by Gasteiger charge is 2.34. The van der Waals surface area contributed by atoms with Crippen molar-refractivity contribution in [1.82, 2.24) is 0 Å². The SMILES string of the molecule is CC1CCCN1c1ccc(CCN)c(C(F)(F)F)c1. The smallest absolute Gasteiger partial charge is 0.369 e. The Labute approximate surface area is 111 Å². The maximum Gasteiger partial charge on any atom is 0.416 e. The van der Waals surface area contributed by atoms with Crippen molar-refractivity contribution < 1.29 is 13.2 Å². The van der Waals surface area contributed by atoms with Gasteiger partial charge in [-0.15, -0.1) is 0 Å². The van der Waals surface area contributed by atoms with E-state index in [0.717, 1.165) is 19.4 Å². The first-order valence-corrected chi connectivity index (χ1v) is 6.60. The molecule has 2 rings (SSSR count). The molecule has 0 aliphatic carbocycles. The summed E-state index contributed by atoms with van der Waals surface area (Å²) >= 11 is 0. The summed E-state index contributed by atoms with van der Waals surface area (Å²) in [6, 6.07) is 4.92. The lowest BCUT2D eigenvalue weighted by Gasteiger charge is -2.25. The molecule has 1 aromatic rings. The standard InChI is InChI=1S/C14H19F3N2/c1-10-3-2-8-19(10)12-5-4-11(6-7-18)13(9-12)14(15,16)17/h4-5,9-10H,2-3,6-8,18H2,1H3. The van der Waals surface area contributed by atoms with Crippen LogP contribution in [0.2, 0.25) is 0 Å². The Balaban J connectivity index is 2.37. The molecular formula is C14H19F3N2. The molecule has 0 aromatic heterocycles. The molecule has 1 unspecified atom stereocenters. The highest BCUT2D eigenvalue weighted by molar-refractivity contribution is 5.53. The van der Waals surface area contributed by atoms with Gasteiger partial charge >= 0.3 is 6.18 Å². The minimum Gasteiger partial charge on any atom is -0.369 e. The lowest BCUT2D eigenvalue weighted by atomic mass is 10.0. The molecule has 0 spiro atoms. The Morgan fingerprint density at radius 2 is 2.11 bits per heavy atom. The van der Waals surface area contributed by atoms with Crippen LogP contribution in [0, 0.1) is 0 Å². The first-order valence-electron chi connectivity index (χ1n) is 6.60. The summed E-state index contributed by atoms with van der Waals surface area (Å²) in [5.41, 5.74) is 5.78. The molecular weight excluding hydrogens is 253 g/mol. The second kappa shape index (κ2) is 5.41. The van der Waals surface area contributed by atoms with Gasteiger partial charge in [0.1, 0.15) is 0 Å². The van der Waals surface area contributed by atoms with E-state index in [1.807, 2.05) is 11.8 Å². The van der Waals surface area contributed by atoms with E-state index >= 15 is 0 Å². The van der Waals surface area contributed by atoms with E-state index in [0.29, 0.717) is 11.7 Å². The van der Waals surface area contributed by atoms with Crippen molar-refractivity contribution in [2.24, 2.45) is 5.73 Å². The van der Waals surface area contributed by atoms with E-state index in [2.05, 4.69) is 0 Å². The zero-order valence-corrected chi connectivity index (χ0v) is 11.0. The number of benzene rings is 1. The quantitative estimate of drug-likeness (QED) is 0.915. The van der Waals surface area contributed by atoms with Gasteiger partial charge in [0.25, 0.3) is 0 Å². The topological polar surface area (TPSA) is 29.3 Å². The third kappa shape index (κ3) is 3.03. The van der Waals surface area contributed by atoms with Gasteiger partial charge in [-0.1, -0.05) is 6.07 Å². The van der Waals surface area contributed by atoms with Crippen molar-refractivity contribution in [3.8, 4) is 0 Å². The van der Waals surface area contributed by atoms with Gasteiger partial charge in [-0.3, -0.25) is 0 Å². The molecule has 106 valence electrons. The molecule has 0 saturated carbocycles. The number of nitrogens with two attached hydrogens (primary N) is 1. The van der Waals surface area contributed by atoms with E-state index in [1.54, 1.807) is 12.1 Å². The Hall–Kier alpha value is -1.23. The molecule has 1 aliphatic rings. The van der Waals surface area contributed by atoms with Crippen molar-refractivity contribution in [2.75, 3.05) is 18.0 Å². The van der Waals surface area contributed by atoms with E-state index in [-0.39, 0.29) is 18.5 Å². The fraction of sp³-hybridized carbons (Fsp3) is 0.571. The zero-order chi connectivity index (χ0) is 14.0. The van der Waals surface area contributed by atoms with Crippen LogP contribution in [0.1, 0.15) is 30.9 Å². The Bertz CT molecular complexity index is 443. The maximum absolute atomic E-state index is 13.1. The van der Waals surface area contributed by atoms with Crippen LogP contribution >= 0.6 is 0 Å². The first-order chi connectivity index (χ1) is 8.93. The number of anilines is 1. The highest BCUT2D eigenvalue weighted by atomic mass is 19.4. The molecule has 1 heterocycles. The minimum atomic E-state index is -4.32. The molecule has 5 heteroatoms. The maximum atomic E-state index is 13.1. The van der Waals surface area contributed by atoms with Gasteiger partial charge in [-0.25, -0.2) is 0 Å². The minimum absolute atomic E-state index is 0.225. The predicted octanol–water partition coefficient (Wildman–Crippen LogP) is 3.20. The van der Waals surface area contributed by atoms with E-state index in [1.165, 1.54) is 6.07 Å². The van der Waals surface area contributed by atoms with Crippen LogP contribution in [0.3, 0.4) is 0 Å². The van der Waals surface area contributed by atoms with Gasteiger partial charge < -0.3 is 10.6 Å². The van der Waals surface area contributed by atoms with E-state index < -0.39 is 11.7 Å². The van der Waals surface area contributed by atoms with Gasteiger partial charge in [0.05, 0.1) is 5.56 Å². The van der Waals surface area contributed by atoms with Crippen LogP contribution in [-0.4, -0.2) is 19.1 Å². The third-order valence-electron chi connectivity index (χ3n) is 3.70. The lowest BCUT2D eigenvalue weighted by molar-refractivity contribution is -0.138. The molecule has 0 bridgehead atoms.